The summed E-state index contributed by atoms with van der Waals surface area (Å²) in [6, 6.07) is 8.71. The van der Waals surface area contributed by atoms with E-state index in [0.29, 0.717) is 5.56 Å². The van der Waals surface area contributed by atoms with Gasteiger partial charge in [0.15, 0.2) is 5.85 Å². The van der Waals surface area contributed by atoms with Gasteiger partial charge >= 0.3 is 5.97 Å². The molecule has 2 aliphatic heterocycles. The fourth-order valence-electron chi connectivity index (χ4n) is 2.22. The third-order valence-corrected chi connectivity index (χ3v) is 5.94. The van der Waals surface area contributed by atoms with Crippen LogP contribution in [0.4, 0.5) is 0 Å². The van der Waals surface area contributed by atoms with Crippen LogP contribution >= 0.6 is 7.37 Å². The number of fused-ring (bicyclic) bond motifs is 1. The van der Waals surface area contributed by atoms with Gasteiger partial charge in [-0.05, 0) is 12.1 Å². The zero-order chi connectivity index (χ0) is 12.8. The molecule has 0 aliphatic carbocycles. The molecule has 1 aromatic carbocycles. The van der Waals surface area contributed by atoms with Gasteiger partial charge in [0.25, 0.3) is 0 Å². The molecule has 1 aromatic rings. The van der Waals surface area contributed by atoms with Crippen LogP contribution in [0.3, 0.4) is 0 Å². The van der Waals surface area contributed by atoms with E-state index in [-0.39, 0.29) is 18.1 Å². The molecule has 2 aliphatic rings. The molecule has 2 saturated heterocycles. The number of hydrogen-bond donors (Lipinski definition) is 0. The highest BCUT2D eigenvalue weighted by Crippen LogP contribution is 2.67. The molecule has 0 saturated carbocycles. The molecule has 5 nitrogen and oxygen atoms in total. The van der Waals surface area contributed by atoms with E-state index in [4.69, 9.17) is 14.0 Å². The van der Waals surface area contributed by atoms with Crippen molar-refractivity contribution in [2.24, 2.45) is 0 Å². The van der Waals surface area contributed by atoms with Gasteiger partial charge in [0.1, 0.15) is 12.2 Å². The van der Waals surface area contributed by atoms with Crippen LogP contribution in [0.5, 0.6) is 0 Å². The second-order valence-corrected chi connectivity index (χ2v) is 7.08. The summed E-state index contributed by atoms with van der Waals surface area (Å²) in [4.78, 5) is 11.9. The van der Waals surface area contributed by atoms with Crippen molar-refractivity contribution < 1.29 is 23.4 Å². The zero-order valence-corrected chi connectivity index (χ0v) is 10.7. The topological polar surface area (TPSA) is 65.1 Å². The van der Waals surface area contributed by atoms with Gasteiger partial charge in [0, 0.05) is 7.11 Å². The van der Waals surface area contributed by atoms with E-state index in [9.17, 15) is 9.36 Å². The number of rotatable bonds is 3. The van der Waals surface area contributed by atoms with Crippen LogP contribution in [-0.4, -0.2) is 37.3 Å². The lowest BCUT2D eigenvalue weighted by molar-refractivity contribution is 0.0282. The molecule has 0 amide bonds. The number of hydrogen-bond acceptors (Lipinski definition) is 5. The molecule has 0 unspecified atom stereocenters. The Labute approximate surface area is 104 Å². The monoisotopic (exact) mass is 268 g/mol. The number of carbonyl (C=O) groups is 1. The fourth-order valence-corrected chi connectivity index (χ4v) is 4.54. The molecular formula is C12H13O5P. The van der Waals surface area contributed by atoms with Gasteiger partial charge in [0.05, 0.1) is 11.7 Å². The van der Waals surface area contributed by atoms with E-state index in [1.165, 1.54) is 7.11 Å². The molecule has 0 radical (unpaired) electrons. The Morgan fingerprint density at radius 2 is 2.11 bits per heavy atom. The van der Waals surface area contributed by atoms with Crippen molar-refractivity contribution in [2.45, 2.75) is 18.1 Å². The summed E-state index contributed by atoms with van der Waals surface area (Å²) >= 11 is 0. The van der Waals surface area contributed by atoms with Gasteiger partial charge < -0.3 is 14.0 Å². The molecule has 96 valence electrons. The maximum Gasteiger partial charge on any atom is 0.338 e. The van der Waals surface area contributed by atoms with Crippen molar-refractivity contribution in [2.75, 3.05) is 13.3 Å². The van der Waals surface area contributed by atoms with Crippen molar-refractivity contribution in [3.8, 4) is 0 Å². The predicted octanol–water partition coefficient (Wildman–Crippen LogP) is 1.87. The molecule has 0 spiro atoms. The maximum absolute atomic E-state index is 12.1. The lowest BCUT2D eigenvalue weighted by atomic mass is 10.2. The molecule has 3 rings (SSSR count). The molecule has 4 atom stereocenters. The van der Waals surface area contributed by atoms with Gasteiger partial charge in [0.2, 0.25) is 7.37 Å². The van der Waals surface area contributed by atoms with E-state index in [1.54, 1.807) is 24.3 Å². The van der Waals surface area contributed by atoms with Crippen LogP contribution in [0.1, 0.15) is 10.4 Å². The molecule has 18 heavy (non-hydrogen) atoms. The number of esters is 1. The minimum Gasteiger partial charge on any atom is -0.455 e. The van der Waals surface area contributed by atoms with Crippen molar-refractivity contribution in [3.63, 3.8) is 0 Å². The van der Waals surface area contributed by atoms with Crippen LogP contribution in [0, 0.1) is 0 Å². The van der Waals surface area contributed by atoms with Crippen LogP contribution in [-0.2, 0) is 18.6 Å². The third-order valence-electron chi connectivity index (χ3n) is 3.27. The molecule has 0 N–H and O–H groups in total. The molecule has 0 bridgehead atoms. The Hall–Kier alpha value is -1.16. The first-order chi connectivity index (χ1) is 8.64. The molecular weight excluding hydrogens is 255 g/mol. The first-order valence-corrected chi connectivity index (χ1v) is 7.58. The van der Waals surface area contributed by atoms with Gasteiger partial charge in [-0.25, -0.2) is 4.79 Å². The standard InChI is InChI=1S/C12H13O5P/c1-15-18(14)7-9(10-12(18)17-10)16-11(13)8-5-3-2-4-6-8/h2-6,9-10,12H,7H2,1H3/t9-,10-,12+,18-/m0/s1. The second kappa shape index (κ2) is 4.19. The van der Waals surface area contributed by atoms with Gasteiger partial charge in [-0.3, -0.25) is 4.57 Å². The summed E-state index contributed by atoms with van der Waals surface area (Å²) in [5.74, 6) is -0.796. The van der Waals surface area contributed by atoms with E-state index < -0.39 is 19.4 Å². The number of carbonyl (C=O) groups excluding carboxylic acids is 1. The van der Waals surface area contributed by atoms with Crippen LogP contribution < -0.4 is 0 Å². The molecule has 2 fully saturated rings. The van der Waals surface area contributed by atoms with E-state index in [1.807, 2.05) is 6.07 Å². The highest BCUT2D eigenvalue weighted by atomic mass is 31.2. The van der Waals surface area contributed by atoms with Crippen molar-refractivity contribution >= 4 is 13.3 Å². The summed E-state index contributed by atoms with van der Waals surface area (Å²) in [6.45, 7) is 0. The summed E-state index contributed by atoms with van der Waals surface area (Å²) in [6.07, 6.45) is -0.478. The molecule has 0 aromatic heterocycles. The van der Waals surface area contributed by atoms with E-state index in [0.717, 1.165) is 0 Å². The highest BCUT2D eigenvalue weighted by molar-refractivity contribution is 7.60. The SMILES string of the molecule is CO[P@@]1(=O)C[C@H](OC(=O)c2ccccc2)[C@@H]2O[C@@H]21. The Morgan fingerprint density at radius 1 is 1.39 bits per heavy atom. The Kier molecular flexibility index (Phi) is 2.77. The zero-order valence-electron chi connectivity index (χ0n) is 9.81. The van der Waals surface area contributed by atoms with Crippen LogP contribution in [0.2, 0.25) is 0 Å². The number of benzene rings is 1. The summed E-state index contributed by atoms with van der Waals surface area (Å²) in [5, 5.41) is 0. The first-order valence-electron chi connectivity index (χ1n) is 5.70. The predicted molar refractivity (Wildman–Crippen MR) is 63.8 cm³/mol. The Balaban J connectivity index is 1.69. The summed E-state index contributed by atoms with van der Waals surface area (Å²) in [7, 11) is -1.37. The number of epoxide rings is 1. The van der Waals surface area contributed by atoms with Gasteiger partial charge in [-0.1, -0.05) is 18.2 Å². The largest absolute Gasteiger partial charge is 0.455 e. The average Bonchev–Trinajstić information content (AvgIpc) is 3.15. The minimum absolute atomic E-state index is 0.247. The highest BCUT2D eigenvalue weighted by Gasteiger charge is 2.65. The maximum atomic E-state index is 12.1. The van der Waals surface area contributed by atoms with Crippen molar-refractivity contribution in [1.82, 2.24) is 0 Å². The van der Waals surface area contributed by atoms with Crippen LogP contribution in [0.25, 0.3) is 0 Å². The summed E-state index contributed by atoms with van der Waals surface area (Å²) in [5.41, 5.74) is 0.480. The number of ether oxygens (including phenoxy) is 2. The van der Waals surface area contributed by atoms with Crippen molar-refractivity contribution in [1.29, 1.82) is 0 Å². The first kappa shape index (κ1) is 11.9. The van der Waals surface area contributed by atoms with Gasteiger partial charge in [-0.15, -0.1) is 0 Å². The fraction of sp³-hybridized carbons (Fsp3) is 0.417. The summed E-state index contributed by atoms with van der Waals surface area (Å²) < 4.78 is 27.7. The van der Waals surface area contributed by atoms with E-state index >= 15 is 0 Å². The Bertz CT molecular complexity index is 514. The minimum atomic E-state index is -2.77. The van der Waals surface area contributed by atoms with Gasteiger partial charge in [-0.2, -0.15) is 0 Å². The molecule has 6 heteroatoms. The second-order valence-electron chi connectivity index (χ2n) is 4.39. The molecule has 2 heterocycles. The quantitative estimate of drug-likeness (QED) is 0.475. The van der Waals surface area contributed by atoms with E-state index in [2.05, 4.69) is 0 Å². The normalized spacial score (nSPS) is 37.1. The smallest absolute Gasteiger partial charge is 0.338 e. The lowest BCUT2D eigenvalue weighted by Crippen LogP contribution is -2.24. The average molecular weight is 268 g/mol. The Morgan fingerprint density at radius 3 is 2.72 bits per heavy atom. The van der Waals surface area contributed by atoms with Crippen molar-refractivity contribution in [3.05, 3.63) is 35.9 Å². The lowest BCUT2D eigenvalue weighted by Gasteiger charge is -2.15. The van der Waals surface area contributed by atoms with Crippen LogP contribution in [0.15, 0.2) is 30.3 Å². The third kappa shape index (κ3) is 1.88.